The zero-order valence-electron chi connectivity index (χ0n) is 14.7. The summed E-state index contributed by atoms with van der Waals surface area (Å²) in [7, 11) is 1.53. The van der Waals surface area contributed by atoms with Gasteiger partial charge in [-0.25, -0.2) is 0 Å². The number of hydrogen-bond acceptors (Lipinski definition) is 4. The van der Waals surface area contributed by atoms with E-state index in [1.165, 1.54) is 18.4 Å². The van der Waals surface area contributed by atoms with E-state index in [-0.39, 0.29) is 28.8 Å². The summed E-state index contributed by atoms with van der Waals surface area (Å²) in [5.74, 6) is 1.06. The lowest BCUT2D eigenvalue weighted by molar-refractivity contribution is -0.150. The summed E-state index contributed by atoms with van der Waals surface area (Å²) in [6.07, 6.45) is 5.71. The molecule has 2 aliphatic carbocycles. The molecule has 4 nitrogen and oxygen atoms in total. The lowest BCUT2D eigenvalue weighted by Gasteiger charge is -2.54. The summed E-state index contributed by atoms with van der Waals surface area (Å²) in [5, 5.41) is 3.78. The van der Waals surface area contributed by atoms with Gasteiger partial charge in [0.25, 0.3) is 0 Å². The molecule has 6 rings (SSSR count). The topological polar surface area (TPSA) is 41.6 Å². The number of anilines is 1. The van der Waals surface area contributed by atoms with Crippen molar-refractivity contribution in [1.82, 2.24) is 4.90 Å². The van der Waals surface area contributed by atoms with Crippen LogP contribution in [0.3, 0.4) is 0 Å². The number of methoxy groups -OCH3 is 1. The first kappa shape index (κ1) is 14.4. The molecule has 7 atom stereocenters. The van der Waals surface area contributed by atoms with Crippen LogP contribution in [-0.4, -0.2) is 43.2 Å². The van der Waals surface area contributed by atoms with Gasteiger partial charge in [0, 0.05) is 35.6 Å². The Balaban J connectivity index is 1.66. The zero-order valence-corrected chi connectivity index (χ0v) is 14.7. The third kappa shape index (κ3) is 1.31. The van der Waals surface area contributed by atoms with Gasteiger partial charge in [0.2, 0.25) is 0 Å². The van der Waals surface area contributed by atoms with Gasteiger partial charge in [-0.05, 0) is 29.9 Å². The highest BCUT2D eigenvalue weighted by molar-refractivity contribution is 5.79. The standard InChI is InChI=1S/C21H24N2O2/c1-12-15-11-23-9-5-8-20(12)10-13(18(24)25-2)17-21(15,19(20)23)14-6-3-4-7-16(14)22-17/h3-8,12-13,15,17,19,22H,9-11H2,1-2H3/t12-,13-,15-,17+,19-,20-,21+/m1/s1. The van der Waals surface area contributed by atoms with E-state index < -0.39 is 0 Å². The predicted molar refractivity (Wildman–Crippen MR) is 95.2 cm³/mol. The number of benzene rings is 1. The molecule has 1 N–H and O–H groups in total. The smallest absolute Gasteiger partial charge is 0.310 e. The summed E-state index contributed by atoms with van der Waals surface area (Å²) in [6.45, 7) is 4.63. The minimum atomic E-state index is -0.0798. The molecule has 3 heterocycles. The Morgan fingerprint density at radius 3 is 3.04 bits per heavy atom. The van der Waals surface area contributed by atoms with Crippen LogP contribution in [-0.2, 0) is 14.9 Å². The first-order valence-electron chi connectivity index (χ1n) is 9.50. The van der Waals surface area contributed by atoms with Crippen molar-refractivity contribution in [2.45, 2.75) is 30.8 Å². The van der Waals surface area contributed by atoms with Crippen LogP contribution in [0.1, 0.15) is 18.9 Å². The molecule has 4 bridgehead atoms. The molecule has 0 amide bonds. The molecule has 130 valence electrons. The largest absolute Gasteiger partial charge is 0.469 e. The number of ether oxygens (including phenoxy) is 1. The Bertz CT molecular complexity index is 820. The third-order valence-corrected chi connectivity index (χ3v) is 8.29. The normalized spacial score (nSPS) is 48.0. The van der Waals surface area contributed by atoms with Gasteiger partial charge in [-0.15, -0.1) is 0 Å². The monoisotopic (exact) mass is 336 g/mol. The van der Waals surface area contributed by atoms with Crippen molar-refractivity contribution in [3.63, 3.8) is 0 Å². The van der Waals surface area contributed by atoms with Crippen molar-refractivity contribution in [1.29, 1.82) is 0 Å². The second kappa shape index (κ2) is 4.29. The minimum absolute atomic E-state index is 0.0396. The molecule has 3 fully saturated rings. The van der Waals surface area contributed by atoms with E-state index >= 15 is 0 Å². The molecule has 1 saturated heterocycles. The molecule has 2 saturated carbocycles. The second-order valence-corrected chi connectivity index (χ2v) is 8.70. The molecule has 0 radical (unpaired) electrons. The molecule has 1 spiro atoms. The van der Waals surface area contributed by atoms with Crippen molar-refractivity contribution in [3.05, 3.63) is 42.0 Å². The fourth-order valence-corrected chi connectivity index (χ4v) is 7.68. The fourth-order valence-electron chi connectivity index (χ4n) is 7.68. The van der Waals surface area contributed by atoms with E-state index in [0.29, 0.717) is 17.9 Å². The van der Waals surface area contributed by atoms with Crippen molar-refractivity contribution >= 4 is 11.7 Å². The molecule has 25 heavy (non-hydrogen) atoms. The molecule has 5 aliphatic rings. The van der Waals surface area contributed by atoms with Crippen LogP contribution in [0.4, 0.5) is 5.69 Å². The molecular weight excluding hydrogens is 312 g/mol. The van der Waals surface area contributed by atoms with Crippen molar-refractivity contribution in [3.8, 4) is 0 Å². The van der Waals surface area contributed by atoms with E-state index in [4.69, 9.17) is 4.74 Å². The molecule has 4 heteroatoms. The van der Waals surface area contributed by atoms with Crippen LogP contribution in [0.2, 0.25) is 0 Å². The highest BCUT2D eigenvalue weighted by Gasteiger charge is 2.80. The number of rotatable bonds is 1. The van der Waals surface area contributed by atoms with Crippen LogP contribution < -0.4 is 5.32 Å². The van der Waals surface area contributed by atoms with E-state index in [1.54, 1.807) is 0 Å². The maximum Gasteiger partial charge on any atom is 0.310 e. The van der Waals surface area contributed by atoms with Gasteiger partial charge >= 0.3 is 5.97 Å². The van der Waals surface area contributed by atoms with Gasteiger partial charge in [0.15, 0.2) is 0 Å². The Morgan fingerprint density at radius 1 is 1.36 bits per heavy atom. The zero-order chi connectivity index (χ0) is 17.0. The van der Waals surface area contributed by atoms with Gasteiger partial charge < -0.3 is 10.1 Å². The van der Waals surface area contributed by atoms with Crippen LogP contribution >= 0.6 is 0 Å². The van der Waals surface area contributed by atoms with Gasteiger partial charge in [-0.2, -0.15) is 0 Å². The summed E-state index contributed by atoms with van der Waals surface area (Å²) in [4.78, 5) is 15.5. The van der Waals surface area contributed by atoms with Crippen molar-refractivity contribution in [2.75, 3.05) is 25.5 Å². The van der Waals surface area contributed by atoms with Crippen LogP contribution in [0.15, 0.2) is 36.4 Å². The van der Waals surface area contributed by atoms with Gasteiger partial charge in [-0.1, -0.05) is 37.3 Å². The fraction of sp³-hybridized carbons (Fsp3) is 0.571. The minimum Gasteiger partial charge on any atom is -0.469 e. The Morgan fingerprint density at radius 2 is 2.20 bits per heavy atom. The number of nitrogens with zero attached hydrogens (tertiary/aromatic N) is 1. The predicted octanol–water partition coefficient (Wildman–Crippen LogP) is 2.42. The molecule has 3 aliphatic heterocycles. The number of fused-ring (bicyclic) bond motifs is 1. The van der Waals surface area contributed by atoms with Crippen molar-refractivity contribution < 1.29 is 9.53 Å². The lowest BCUT2D eigenvalue weighted by Crippen LogP contribution is -2.63. The van der Waals surface area contributed by atoms with Gasteiger partial charge in [0.05, 0.1) is 19.1 Å². The Hall–Kier alpha value is -1.81. The molecule has 0 aromatic heterocycles. The highest BCUT2D eigenvalue weighted by atomic mass is 16.5. The summed E-state index contributed by atoms with van der Waals surface area (Å²) >= 11 is 0. The number of carbonyl (C=O) groups excluding carboxylic acids is 1. The molecule has 0 unspecified atom stereocenters. The molecule has 1 aromatic carbocycles. The van der Waals surface area contributed by atoms with E-state index in [1.807, 2.05) is 0 Å². The lowest BCUT2D eigenvalue weighted by atomic mass is 9.56. The highest BCUT2D eigenvalue weighted by Crippen LogP contribution is 2.74. The maximum absolute atomic E-state index is 12.8. The number of esters is 1. The number of piperidine rings is 1. The quantitative estimate of drug-likeness (QED) is 0.632. The van der Waals surface area contributed by atoms with Gasteiger partial charge in [-0.3, -0.25) is 9.69 Å². The Kier molecular flexibility index (Phi) is 2.47. The first-order valence-corrected chi connectivity index (χ1v) is 9.50. The van der Waals surface area contributed by atoms with E-state index in [0.717, 1.165) is 19.5 Å². The number of carbonyl (C=O) groups is 1. The summed E-state index contributed by atoms with van der Waals surface area (Å²) in [5.41, 5.74) is 2.82. The average molecular weight is 336 g/mol. The van der Waals surface area contributed by atoms with E-state index in [9.17, 15) is 4.79 Å². The molecular formula is C21H24N2O2. The van der Waals surface area contributed by atoms with Crippen LogP contribution in [0, 0.1) is 23.2 Å². The maximum atomic E-state index is 12.8. The van der Waals surface area contributed by atoms with E-state index in [2.05, 4.69) is 53.6 Å². The second-order valence-electron chi connectivity index (χ2n) is 8.70. The summed E-state index contributed by atoms with van der Waals surface area (Å²) < 4.78 is 5.26. The molecule has 1 aromatic rings. The van der Waals surface area contributed by atoms with Crippen LogP contribution in [0.25, 0.3) is 0 Å². The number of hydrogen-bond donors (Lipinski definition) is 1. The average Bonchev–Trinajstić information content (AvgIpc) is 3.22. The summed E-state index contributed by atoms with van der Waals surface area (Å²) in [6, 6.07) is 9.42. The third-order valence-electron chi connectivity index (χ3n) is 8.29. The van der Waals surface area contributed by atoms with Crippen molar-refractivity contribution in [2.24, 2.45) is 23.2 Å². The number of nitrogens with one attached hydrogen (secondary N) is 1. The van der Waals surface area contributed by atoms with Crippen LogP contribution in [0.5, 0.6) is 0 Å². The Labute approximate surface area is 148 Å². The van der Waals surface area contributed by atoms with Gasteiger partial charge in [0.1, 0.15) is 0 Å². The number of para-hydroxylation sites is 1. The first-order chi connectivity index (χ1) is 12.1. The SMILES string of the molecule is COC(=O)[C@@H]1C[C@]23C=CCN4C[C@H]([C@H]2C)[C@]2(c5ccccc5N[C@@H]12)[C@H]43.